The fourth-order valence-electron chi connectivity index (χ4n) is 2.57. The molecule has 0 atom stereocenters. The maximum absolute atomic E-state index is 13.1. The van der Waals surface area contributed by atoms with Gasteiger partial charge in [0.2, 0.25) is 5.91 Å². The molecule has 0 aliphatic carbocycles. The molecular weight excluding hydrogens is 363 g/mol. The summed E-state index contributed by atoms with van der Waals surface area (Å²) >= 11 is 1.30. The lowest BCUT2D eigenvalue weighted by atomic mass is 10.0. The Labute approximate surface area is 162 Å². The number of nitrogens with one attached hydrogen (secondary N) is 1. The monoisotopic (exact) mass is 384 g/mol. The van der Waals surface area contributed by atoms with Crippen LogP contribution in [0.25, 0.3) is 11.4 Å². The predicted octanol–water partition coefficient (Wildman–Crippen LogP) is 4.48. The highest BCUT2D eigenvalue weighted by atomic mass is 32.2. The van der Waals surface area contributed by atoms with Gasteiger partial charge in [0.25, 0.3) is 0 Å². The molecule has 0 radical (unpaired) electrons. The van der Waals surface area contributed by atoms with Gasteiger partial charge in [-0.3, -0.25) is 4.79 Å². The maximum atomic E-state index is 13.1. The van der Waals surface area contributed by atoms with E-state index in [4.69, 9.17) is 0 Å². The number of hydrogen-bond donors (Lipinski definition) is 1. The topological polar surface area (TPSA) is 59.8 Å². The van der Waals surface area contributed by atoms with Gasteiger partial charge in [-0.2, -0.15) is 0 Å². The van der Waals surface area contributed by atoms with Crippen LogP contribution in [-0.2, 0) is 11.8 Å². The first kappa shape index (κ1) is 19.1. The zero-order chi connectivity index (χ0) is 19.4. The quantitative estimate of drug-likeness (QED) is 0.637. The van der Waals surface area contributed by atoms with Gasteiger partial charge in [0.15, 0.2) is 11.0 Å². The van der Waals surface area contributed by atoms with Crippen molar-refractivity contribution in [2.75, 3.05) is 11.1 Å². The molecule has 0 aliphatic rings. The molecule has 140 valence electrons. The van der Waals surface area contributed by atoms with Crippen molar-refractivity contribution in [1.82, 2.24) is 14.8 Å². The number of nitrogens with zero attached hydrogens (tertiary/aromatic N) is 3. The average molecular weight is 384 g/mol. The lowest BCUT2D eigenvalue weighted by Crippen LogP contribution is -2.14. The van der Waals surface area contributed by atoms with Gasteiger partial charge in [0.1, 0.15) is 5.82 Å². The van der Waals surface area contributed by atoms with Crippen molar-refractivity contribution in [3.05, 3.63) is 59.9 Å². The average Bonchev–Trinajstić information content (AvgIpc) is 3.02. The van der Waals surface area contributed by atoms with Crippen molar-refractivity contribution in [2.24, 2.45) is 7.05 Å². The summed E-state index contributed by atoms with van der Waals surface area (Å²) < 4.78 is 14.9. The van der Waals surface area contributed by atoms with Crippen LogP contribution < -0.4 is 5.32 Å². The summed E-state index contributed by atoms with van der Waals surface area (Å²) in [6.45, 7) is 4.26. The summed E-state index contributed by atoms with van der Waals surface area (Å²) in [4.78, 5) is 12.2. The normalized spacial score (nSPS) is 11.0. The number of aromatic nitrogens is 3. The van der Waals surface area contributed by atoms with Gasteiger partial charge >= 0.3 is 0 Å². The molecule has 0 bridgehead atoms. The Kier molecular flexibility index (Phi) is 5.91. The summed E-state index contributed by atoms with van der Waals surface area (Å²) in [6, 6.07) is 13.9. The minimum atomic E-state index is -0.298. The second-order valence-electron chi connectivity index (χ2n) is 6.49. The van der Waals surface area contributed by atoms with Crippen molar-refractivity contribution in [2.45, 2.75) is 24.9 Å². The number of amides is 1. The summed E-state index contributed by atoms with van der Waals surface area (Å²) in [5, 5.41) is 11.8. The van der Waals surface area contributed by atoms with Gasteiger partial charge < -0.3 is 9.88 Å². The Morgan fingerprint density at radius 1 is 1.11 bits per heavy atom. The highest BCUT2D eigenvalue weighted by Crippen LogP contribution is 2.23. The minimum absolute atomic E-state index is 0.108. The number of carbonyl (C=O) groups is 1. The number of carbonyl (C=O) groups excluding carboxylic acids is 1. The van der Waals surface area contributed by atoms with E-state index < -0.39 is 0 Å². The fourth-order valence-corrected chi connectivity index (χ4v) is 3.28. The van der Waals surface area contributed by atoms with Crippen LogP contribution in [0.1, 0.15) is 25.3 Å². The van der Waals surface area contributed by atoms with Crippen LogP contribution in [0, 0.1) is 5.82 Å². The fraction of sp³-hybridized carbons (Fsp3) is 0.250. The Morgan fingerprint density at radius 3 is 2.41 bits per heavy atom. The molecule has 0 spiro atoms. The smallest absolute Gasteiger partial charge is 0.234 e. The van der Waals surface area contributed by atoms with Gasteiger partial charge in [-0.15, -0.1) is 10.2 Å². The summed E-state index contributed by atoms with van der Waals surface area (Å²) in [5.74, 6) is 0.900. The second kappa shape index (κ2) is 8.35. The summed E-state index contributed by atoms with van der Waals surface area (Å²) in [5.41, 5.74) is 2.78. The Hall–Kier alpha value is -2.67. The number of benzene rings is 2. The molecule has 0 unspecified atom stereocenters. The van der Waals surface area contributed by atoms with Gasteiger partial charge in [0.05, 0.1) is 5.75 Å². The summed E-state index contributed by atoms with van der Waals surface area (Å²) in [6.07, 6.45) is 0. The number of anilines is 1. The standard InChI is InChI=1S/C20H21FN4OS/c1-13(2)14-6-10-17(11-7-14)22-18(26)12-27-20-24-23-19(25(20)3)15-4-8-16(21)9-5-15/h4-11,13H,12H2,1-3H3,(H,22,26). The first-order chi connectivity index (χ1) is 12.9. The number of rotatable bonds is 6. The van der Waals surface area contributed by atoms with Crippen molar-refractivity contribution in [1.29, 1.82) is 0 Å². The molecule has 7 heteroatoms. The van der Waals surface area contributed by atoms with Crippen molar-refractivity contribution < 1.29 is 9.18 Å². The first-order valence-corrected chi connectivity index (χ1v) is 9.60. The summed E-state index contributed by atoms with van der Waals surface area (Å²) in [7, 11) is 1.82. The third-order valence-electron chi connectivity index (χ3n) is 4.13. The van der Waals surface area contributed by atoms with Gasteiger partial charge in [-0.1, -0.05) is 37.7 Å². The molecule has 3 rings (SSSR count). The SMILES string of the molecule is CC(C)c1ccc(NC(=O)CSc2nnc(-c3ccc(F)cc3)n2C)cc1. The maximum Gasteiger partial charge on any atom is 0.234 e. The van der Waals surface area contributed by atoms with E-state index in [1.807, 2.05) is 31.3 Å². The number of thioether (sulfide) groups is 1. The lowest BCUT2D eigenvalue weighted by Gasteiger charge is -2.08. The third-order valence-corrected chi connectivity index (χ3v) is 5.15. The molecule has 1 N–H and O–H groups in total. The minimum Gasteiger partial charge on any atom is -0.325 e. The molecule has 0 saturated carbocycles. The van der Waals surface area contributed by atoms with E-state index in [0.29, 0.717) is 16.9 Å². The van der Waals surface area contributed by atoms with Crippen LogP contribution in [0.5, 0.6) is 0 Å². The molecule has 1 amide bonds. The first-order valence-electron chi connectivity index (χ1n) is 8.62. The Morgan fingerprint density at radius 2 is 1.78 bits per heavy atom. The molecule has 2 aromatic carbocycles. The van der Waals surface area contributed by atoms with Gasteiger partial charge in [-0.25, -0.2) is 4.39 Å². The molecule has 0 saturated heterocycles. The van der Waals surface area contributed by atoms with Crippen molar-refractivity contribution in [3.63, 3.8) is 0 Å². The second-order valence-corrected chi connectivity index (χ2v) is 7.43. The highest BCUT2D eigenvalue weighted by molar-refractivity contribution is 7.99. The molecule has 1 aromatic heterocycles. The van der Waals surface area contributed by atoms with Crippen molar-refractivity contribution in [3.8, 4) is 11.4 Å². The Balaban J connectivity index is 1.60. The lowest BCUT2D eigenvalue weighted by molar-refractivity contribution is -0.113. The number of halogens is 1. The number of hydrogen-bond acceptors (Lipinski definition) is 4. The van der Waals surface area contributed by atoms with Crippen LogP contribution in [0.3, 0.4) is 0 Å². The van der Waals surface area contributed by atoms with Crippen LogP contribution in [0.15, 0.2) is 53.7 Å². The van der Waals surface area contributed by atoms with Crippen molar-refractivity contribution >= 4 is 23.4 Å². The van der Waals surface area contributed by atoms with E-state index >= 15 is 0 Å². The highest BCUT2D eigenvalue weighted by Gasteiger charge is 2.13. The third kappa shape index (κ3) is 4.74. The predicted molar refractivity (Wildman–Crippen MR) is 106 cm³/mol. The molecule has 0 fully saturated rings. The molecule has 27 heavy (non-hydrogen) atoms. The zero-order valence-corrected chi connectivity index (χ0v) is 16.3. The van der Waals surface area contributed by atoms with Gasteiger partial charge in [-0.05, 0) is 47.9 Å². The molecule has 0 aliphatic heterocycles. The van der Waals surface area contributed by atoms with E-state index in [0.717, 1.165) is 11.3 Å². The zero-order valence-electron chi connectivity index (χ0n) is 15.4. The van der Waals surface area contributed by atoms with Crippen LogP contribution in [0.4, 0.5) is 10.1 Å². The van der Waals surface area contributed by atoms with Crippen LogP contribution in [-0.4, -0.2) is 26.4 Å². The molecule has 3 aromatic rings. The van der Waals surface area contributed by atoms with E-state index in [1.165, 1.54) is 29.5 Å². The largest absolute Gasteiger partial charge is 0.325 e. The molecular formula is C20H21FN4OS. The van der Waals surface area contributed by atoms with Crippen LogP contribution in [0.2, 0.25) is 0 Å². The molecule has 5 nitrogen and oxygen atoms in total. The van der Waals surface area contributed by atoms with E-state index in [1.54, 1.807) is 16.7 Å². The van der Waals surface area contributed by atoms with E-state index in [2.05, 4.69) is 29.4 Å². The van der Waals surface area contributed by atoms with Gasteiger partial charge in [0, 0.05) is 18.3 Å². The Bertz CT molecular complexity index is 920. The van der Waals surface area contributed by atoms with E-state index in [-0.39, 0.29) is 17.5 Å². The van der Waals surface area contributed by atoms with Crippen LogP contribution >= 0.6 is 11.8 Å². The van der Waals surface area contributed by atoms with E-state index in [9.17, 15) is 9.18 Å². The molecule has 1 heterocycles.